The van der Waals surface area contributed by atoms with Crippen LogP contribution in [-0.2, 0) is 30.2 Å². The fraction of sp³-hybridized carbons (Fsp3) is 0.667. The van der Waals surface area contributed by atoms with Gasteiger partial charge in [0.1, 0.15) is 12.1 Å². The standard InChI is InChI=1S/C30H47NO10/c1-7-10-11-12-27(32)39-22(6)17-31-24(28(33)34)15-23-13-14-25(40-29(35)37-18-20(4)8-2)26(16-23)41-30(36)38-19-21(5)9-3/h13-14,16,20-22,24,31H,7-12,15,17-19H2,1-6H3,(H,33,34)/t20?,21?,22?,24-/m0/s1. The lowest BCUT2D eigenvalue weighted by Crippen LogP contribution is -2.42. The Morgan fingerprint density at radius 3 is 1.98 bits per heavy atom. The number of carbonyl (C=O) groups is 4. The van der Waals surface area contributed by atoms with Gasteiger partial charge in [0.05, 0.1) is 13.2 Å². The second-order valence-corrected chi connectivity index (χ2v) is 10.4. The number of rotatable bonds is 19. The molecule has 0 bridgehead atoms. The average molecular weight is 582 g/mol. The lowest BCUT2D eigenvalue weighted by atomic mass is 10.0. The molecule has 1 aromatic carbocycles. The fourth-order valence-corrected chi connectivity index (χ4v) is 3.37. The maximum absolute atomic E-state index is 12.4. The zero-order chi connectivity index (χ0) is 30.8. The molecular weight excluding hydrogens is 534 g/mol. The molecule has 11 nitrogen and oxygen atoms in total. The third-order valence-corrected chi connectivity index (χ3v) is 6.47. The van der Waals surface area contributed by atoms with Crippen molar-refractivity contribution in [1.82, 2.24) is 5.32 Å². The Hall–Kier alpha value is -3.34. The van der Waals surface area contributed by atoms with E-state index in [0.29, 0.717) is 12.0 Å². The Labute approximate surface area is 243 Å². The maximum Gasteiger partial charge on any atom is 0.513 e. The number of carbonyl (C=O) groups excluding carboxylic acids is 3. The van der Waals surface area contributed by atoms with Crippen LogP contribution < -0.4 is 14.8 Å². The number of aliphatic carboxylic acids is 1. The average Bonchev–Trinajstić information content (AvgIpc) is 2.93. The maximum atomic E-state index is 12.4. The van der Waals surface area contributed by atoms with E-state index in [1.54, 1.807) is 13.0 Å². The first-order chi connectivity index (χ1) is 19.5. The number of esters is 1. The second-order valence-electron chi connectivity index (χ2n) is 10.4. The van der Waals surface area contributed by atoms with E-state index in [0.717, 1.165) is 32.1 Å². The van der Waals surface area contributed by atoms with Crippen LogP contribution in [-0.4, -0.2) is 61.3 Å². The summed E-state index contributed by atoms with van der Waals surface area (Å²) in [4.78, 5) is 48.5. The molecule has 0 spiro atoms. The van der Waals surface area contributed by atoms with Gasteiger partial charge in [-0.1, -0.05) is 66.4 Å². The predicted molar refractivity (Wildman–Crippen MR) is 152 cm³/mol. The first-order valence-corrected chi connectivity index (χ1v) is 14.5. The van der Waals surface area contributed by atoms with Crippen LogP contribution in [0.2, 0.25) is 0 Å². The molecule has 0 heterocycles. The quantitative estimate of drug-likeness (QED) is 0.0870. The monoisotopic (exact) mass is 581 g/mol. The number of carboxylic acid groups (broad SMARTS) is 1. The van der Waals surface area contributed by atoms with E-state index in [4.69, 9.17) is 23.7 Å². The van der Waals surface area contributed by atoms with Crippen LogP contribution in [0.25, 0.3) is 0 Å². The van der Waals surface area contributed by atoms with Gasteiger partial charge in [0.2, 0.25) is 0 Å². The molecule has 4 atom stereocenters. The van der Waals surface area contributed by atoms with Gasteiger partial charge in [-0.25, -0.2) is 9.59 Å². The van der Waals surface area contributed by atoms with Crippen LogP contribution in [0.3, 0.4) is 0 Å². The summed E-state index contributed by atoms with van der Waals surface area (Å²) in [5, 5.41) is 12.7. The number of hydrogen-bond donors (Lipinski definition) is 2. The van der Waals surface area contributed by atoms with Crippen molar-refractivity contribution >= 4 is 24.2 Å². The number of benzene rings is 1. The van der Waals surface area contributed by atoms with Gasteiger partial charge in [-0.15, -0.1) is 0 Å². The summed E-state index contributed by atoms with van der Waals surface area (Å²) in [6.07, 6.45) is 2.16. The molecule has 41 heavy (non-hydrogen) atoms. The first-order valence-electron chi connectivity index (χ1n) is 14.5. The van der Waals surface area contributed by atoms with Gasteiger partial charge in [-0.2, -0.15) is 0 Å². The van der Waals surface area contributed by atoms with Crippen LogP contribution in [0, 0.1) is 11.8 Å². The molecule has 1 rings (SSSR count). The van der Waals surface area contributed by atoms with Crippen molar-refractivity contribution in [3.8, 4) is 11.5 Å². The molecule has 0 saturated heterocycles. The van der Waals surface area contributed by atoms with Crippen molar-refractivity contribution in [3.05, 3.63) is 23.8 Å². The van der Waals surface area contributed by atoms with Crippen molar-refractivity contribution in [1.29, 1.82) is 0 Å². The Kier molecular flexibility index (Phi) is 17.1. The van der Waals surface area contributed by atoms with Crippen LogP contribution >= 0.6 is 0 Å². The number of nitrogens with one attached hydrogen (secondary N) is 1. The van der Waals surface area contributed by atoms with E-state index in [1.807, 2.05) is 34.6 Å². The summed E-state index contributed by atoms with van der Waals surface area (Å²) >= 11 is 0. The van der Waals surface area contributed by atoms with Crippen LogP contribution in [0.5, 0.6) is 11.5 Å². The van der Waals surface area contributed by atoms with Gasteiger partial charge in [0, 0.05) is 13.0 Å². The van der Waals surface area contributed by atoms with Gasteiger partial charge in [0.15, 0.2) is 11.5 Å². The summed E-state index contributed by atoms with van der Waals surface area (Å²) in [6.45, 7) is 12.0. The normalized spacial score (nSPS) is 13.8. The minimum absolute atomic E-state index is 0.00349. The molecule has 0 aliphatic rings. The lowest BCUT2D eigenvalue weighted by Gasteiger charge is -2.19. The van der Waals surface area contributed by atoms with E-state index in [-0.39, 0.29) is 55.5 Å². The zero-order valence-electron chi connectivity index (χ0n) is 25.2. The Bertz CT molecular complexity index is 967. The molecule has 232 valence electrons. The van der Waals surface area contributed by atoms with E-state index < -0.39 is 30.4 Å². The molecule has 0 saturated carbocycles. The molecule has 0 aliphatic carbocycles. The van der Waals surface area contributed by atoms with E-state index in [9.17, 15) is 24.3 Å². The third kappa shape index (κ3) is 15.3. The van der Waals surface area contributed by atoms with Gasteiger partial charge >= 0.3 is 24.2 Å². The molecule has 0 aliphatic heterocycles. The summed E-state index contributed by atoms with van der Waals surface area (Å²) in [5.74, 6) is -1.36. The van der Waals surface area contributed by atoms with E-state index >= 15 is 0 Å². The third-order valence-electron chi connectivity index (χ3n) is 6.47. The highest BCUT2D eigenvalue weighted by Crippen LogP contribution is 2.30. The van der Waals surface area contributed by atoms with Crippen LogP contribution in [0.1, 0.15) is 85.6 Å². The molecular formula is C30H47NO10. The minimum Gasteiger partial charge on any atom is -0.480 e. The van der Waals surface area contributed by atoms with Crippen molar-refractivity contribution in [3.63, 3.8) is 0 Å². The highest BCUT2D eigenvalue weighted by atomic mass is 16.7. The SMILES string of the molecule is CCCCCC(=O)OC(C)CN[C@@H](Cc1ccc(OC(=O)OCC(C)CC)c(OC(=O)OCC(C)CC)c1)C(=O)O. The smallest absolute Gasteiger partial charge is 0.480 e. The topological polar surface area (TPSA) is 147 Å². The molecule has 11 heteroatoms. The molecule has 0 amide bonds. The van der Waals surface area contributed by atoms with Gasteiger partial charge in [0.25, 0.3) is 0 Å². The van der Waals surface area contributed by atoms with Crippen molar-refractivity contribution in [2.45, 2.75) is 98.6 Å². The van der Waals surface area contributed by atoms with Gasteiger partial charge in [-0.05, 0) is 49.3 Å². The summed E-state index contributed by atoms with van der Waals surface area (Å²) in [5.41, 5.74) is 0.485. The second kappa shape index (κ2) is 19.7. The Morgan fingerprint density at radius 2 is 1.44 bits per heavy atom. The molecule has 3 unspecified atom stereocenters. The minimum atomic E-state index is -1.11. The largest absolute Gasteiger partial charge is 0.513 e. The van der Waals surface area contributed by atoms with Crippen LogP contribution in [0.4, 0.5) is 9.59 Å². The van der Waals surface area contributed by atoms with Gasteiger partial charge < -0.3 is 34.1 Å². The molecule has 0 aromatic heterocycles. The zero-order valence-corrected chi connectivity index (χ0v) is 25.2. The Morgan fingerprint density at radius 1 is 0.854 bits per heavy atom. The number of ether oxygens (including phenoxy) is 5. The molecule has 1 aromatic rings. The number of carboxylic acids is 1. The fourth-order valence-electron chi connectivity index (χ4n) is 3.37. The summed E-state index contributed by atoms with van der Waals surface area (Å²) in [6, 6.07) is 3.34. The number of hydrogen-bond acceptors (Lipinski definition) is 10. The van der Waals surface area contributed by atoms with Crippen molar-refractivity contribution in [2.24, 2.45) is 11.8 Å². The highest BCUT2D eigenvalue weighted by Gasteiger charge is 2.22. The predicted octanol–water partition coefficient (Wildman–Crippen LogP) is 5.91. The van der Waals surface area contributed by atoms with Gasteiger partial charge in [-0.3, -0.25) is 9.59 Å². The lowest BCUT2D eigenvalue weighted by molar-refractivity contribution is -0.148. The van der Waals surface area contributed by atoms with E-state index in [1.165, 1.54) is 12.1 Å². The first kappa shape index (κ1) is 35.7. The molecule has 0 radical (unpaired) electrons. The summed E-state index contributed by atoms with van der Waals surface area (Å²) in [7, 11) is 0. The molecule has 0 fully saturated rings. The summed E-state index contributed by atoms with van der Waals surface area (Å²) < 4.78 is 26.3. The number of unbranched alkanes of at least 4 members (excludes halogenated alkanes) is 2. The van der Waals surface area contributed by atoms with Crippen molar-refractivity contribution in [2.75, 3.05) is 19.8 Å². The van der Waals surface area contributed by atoms with Crippen LogP contribution in [0.15, 0.2) is 18.2 Å². The Balaban J connectivity index is 2.96. The van der Waals surface area contributed by atoms with E-state index in [2.05, 4.69) is 5.32 Å². The highest BCUT2D eigenvalue weighted by molar-refractivity contribution is 5.74. The van der Waals surface area contributed by atoms with Crippen molar-refractivity contribution < 1.29 is 48.0 Å². The molecule has 2 N–H and O–H groups in total.